The molecule has 3 nitrogen and oxygen atoms in total. The van der Waals surface area contributed by atoms with Gasteiger partial charge in [0.2, 0.25) is 0 Å². The quantitative estimate of drug-likeness (QED) is 0.886. The zero-order chi connectivity index (χ0) is 12.2. The standard InChI is InChI=1S/C15H19N3/c1-2-14-3-5-17-12-15(14)11-13(1)4-8-18-9-6-16-7-10-18/h1-3,5,11-12,16H,4,6-10H2. The van der Waals surface area contributed by atoms with Crippen LogP contribution in [0.2, 0.25) is 0 Å². The van der Waals surface area contributed by atoms with E-state index in [0.29, 0.717) is 0 Å². The molecule has 0 atom stereocenters. The van der Waals surface area contributed by atoms with Crippen molar-refractivity contribution in [1.82, 2.24) is 15.2 Å². The highest BCUT2D eigenvalue weighted by Gasteiger charge is 2.08. The molecule has 18 heavy (non-hydrogen) atoms. The zero-order valence-corrected chi connectivity index (χ0v) is 10.6. The Morgan fingerprint density at radius 3 is 2.89 bits per heavy atom. The van der Waals surface area contributed by atoms with E-state index < -0.39 is 0 Å². The molecule has 1 fully saturated rings. The van der Waals surface area contributed by atoms with Crippen LogP contribution in [0, 0.1) is 0 Å². The lowest BCUT2D eigenvalue weighted by molar-refractivity contribution is 0.244. The average Bonchev–Trinajstić information content (AvgIpc) is 2.46. The van der Waals surface area contributed by atoms with E-state index in [-0.39, 0.29) is 0 Å². The van der Waals surface area contributed by atoms with Crippen molar-refractivity contribution in [3.05, 3.63) is 42.2 Å². The first-order valence-electron chi connectivity index (χ1n) is 6.67. The molecule has 1 aromatic heterocycles. The predicted molar refractivity (Wildman–Crippen MR) is 74.8 cm³/mol. The maximum atomic E-state index is 4.19. The number of pyridine rings is 1. The lowest BCUT2D eigenvalue weighted by Gasteiger charge is -2.27. The molecule has 94 valence electrons. The Bertz CT molecular complexity index is 518. The van der Waals surface area contributed by atoms with E-state index in [4.69, 9.17) is 0 Å². The summed E-state index contributed by atoms with van der Waals surface area (Å²) in [6.45, 7) is 5.76. The lowest BCUT2D eigenvalue weighted by atomic mass is 10.1. The average molecular weight is 241 g/mol. The van der Waals surface area contributed by atoms with Crippen molar-refractivity contribution < 1.29 is 0 Å². The van der Waals surface area contributed by atoms with Crippen molar-refractivity contribution in [3.8, 4) is 0 Å². The van der Waals surface area contributed by atoms with Crippen LogP contribution >= 0.6 is 0 Å². The monoisotopic (exact) mass is 241 g/mol. The van der Waals surface area contributed by atoms with Gasteiger partial charge in [-0.2, -0.15) is 0 Å². The van der Waals surface area contributed by atoms with Crippen molar-refractivity contribution in [1.29, 1.82) is 0 Å². The summed E-state index contributed by atoms with van der Waals surface area (Å²) in [5, 5.41) is 5.91. The first-order chi connectivity index (χ1) is 8.92. The van der Waals surface area contributed by atoms with E-state index in [1.54, 1.807) is 0 Å². The molecule has 1 N–H and O–H groups in total. The summed E-state index contributed by atoms with van der Waals surface area (Å²) in [7, 11) is 0. The Hall–Kier alpha value is -1.45. The minimum absolute atomic E-state index is 1.13. The van der Waals surface area contributed by atoms with E-state index in [9.17, 15) is 0 Å². The number of hydrogen-bond acceptors (Lipinski definition) is 3. The molecule has 0 spiro atoms. The Morgan fingerprint density at radius 1 is 1.11 bits per heavy atom. The van der Waals surface area contributed by atoms with Crippen molar-refractivity contribution >= 4 is 10.8 Å². The largest absolute Gasteiger partial charge is 0.314 e. The highest BCUT2D eigenvalue weighted by molar-refractivity contribution is 5.81. The minimum atomic E-state index is 1.13. The van der Waals surface area contributed by atoms with Gasteiger partial charge in [-0.05, 0) is 29.5 Å². The molecule has 0 aliphatic carbocycles. The third-order valence-electron chi connectivity index (χ3n) is 3.63. The fourth-order valence-electron chi connectivity index (χ4n) is 2.51. The Labute approximate surface area is 108 Å². The number of aromatic nitrogens is 1. The number of benzene rings is 1. The molecule has 1 aliphatic heterocycles. The molecule has 0 saturated carbocycles. The second-order valence-electron chi connectivity index (χ2n) is 4.90. The summed E-state index contributed by atoms with van der Waals surface area (Å²) in [4.78, 5) is 6.72. The van der Waals surface area contributed by atoms with Crippen LogP contribution in [0.15, 0.2) is 36.7 Å². The molecule has 3 heteroatoms. The Balaban J connectivity index is 1.66. The van der Waals surface area contributed by atoms with Gasteiger partial charge in [-0.25, -0.2) is 0 Å². The molecule has 0 amide bonds. The highest BCUT2D eigenvalue weighted by Crippen LogP contribution is 2.15. The number of hydrogen-bond donors (Lipinski definition) is 1. The van der Waals surface area contributed by atoms with E-state index in [0.717, 1.165) is 26.1 Å². The molecule has 3 rings (SSSR count). The van der Waals surface area contributed by atoms with E-state index >= 15 is 0 Å². The van der Waals surface area contributed by atoms with Crippen LogP contribution in [-0.2, 0) is 6.42 Å². The van der Waals surface area contributed by atoms with Crippen LogP contribution < -0.4 is 5.32 Å². The Kier molecular flexibility index (Phi) is 3.53. The van der Waals surface area contributed by atoms with Crippen LogP contribution in [0.4, 0.5) is 0 Å². The zero-order valence-electron chi connectivity index (χ0n) is 10.6. The van der Waals surface area contributed by atoms with Gasteiger partial charge in [-0.3, -0.25) is 4.98 Å². The lowest BCUT2D eigenvalue weighted by Crippen LogP contribution is -2.44. The van der Waals surface area contributed by atoms with E-state index in [2.05, 4.69) is 39.5 Å². The van der Waals surface area contributed by atoms with Gasteiger partial charge in [0.15, 0.2) is 0 Å². The van der Waals surface area contributed by atoms with Gasteiger partial charge in [0.25, 0.3) is 0 Å². The summed E-state index contributed by atoms with van der Waals surface area (Å²) in [6.07, 6.45) is 4.93. The second kappa shape index (κ2) is 5.46. The molecule has 0 bridgehead atoms. The maximum Gasteiger partial charge on any atom is 0.0346 e. The van der Waals surface area contributed by atoms with Crippen LogP contribution in [0.25, 0.3) is 10.8 Å². The number of fused-ring (bicyclic) bond motifs is 1. The third-order valence-corrected chi connectivity index (χ3v) is 3.63. The van der Waals surface area contributed by atoms with Crippen LogP contribution in [0.3, 0.4) is 0 Å². The van der Waals surface area contributed by atoms with Gasteiger partial charge in [0.1, 0.15) is 0 Å². The van der Waals surface area contributed by atoms with Gasteiger partial charge in [0.05, 0.1) is 0 Å². The molecule has 0 radical (unpaired) electrons. The SMILES string of the molecule is c1cc2ccc(CCN3CCNCC3)cc2cn1. The van der Waals surface area contributed by atoms with Crippen LogP contribution in [-0.4, -0.2) is 42.6 Å². The summed E-state index contributed by atoms with van der Waals surface area (Å²) in [5.74, 6) is 0. The number of rotatable bonds is 3. The Morgan fingerprint density at radius 2 is 2.00 bits per heavy atom. The summed E-state index contributed by atoms with van der Waals surface area (Å²) in [5.41, 5.74) is 1.41. The minimum Gasteiger partial charge on any atom is -0.314 e. The highest BCUT2D eigenvalue weighted by atomic mass is 15.2. The van der Waals surface area contributed by atoms with Crippen LogP contribution in [0.1, 0.15) is 5.56 Å². The molecule has 2 heterocycles. The third kappa shape index (κ3) is 2.68. The van der Waals surface area contributed by atoms with Gasteiger partial charge < -0.3 is 10.2 Å². The number of nitrogens with one attached hydrogen (secondary N) is 1. The van der Waals surface area contributed by atoms with Gasteiger partial charge in [-0.15, -0.1) is 0 Å². The van der Waals surface area contributed by atoms with Crippen LogP contribution in [0.5, 0.6) is 0 Å². The molecule has 0 unspecified atom stereocenters. The van der Waals surface area contributed by atoms with Crippen molar-refractivity contribution in [2.45, 2.75) is 6.42 Å². The maximum absolute atomic E-state index is 4.19. The molecule has 1 saturated heterocycles. The predicted octanol–water partition coefficient (Wildman–Crippen LogP) is 1.68. The van der Waals surface area contributed by atoms with Gasteiger partial charge in [0, 0.05) is 50.5 Å². The summed E-state index contributed by atoms with van der Waals surface area (Å²) in [6, 6.07) is 8.77. The molecule has 1 aliphatic rings. The van der Waals surface area contributed by atoms with E-state index in [1.807, 2.05) is 12.4 Å². The number of piperazine rings is 1. The van der Waals surface area contributed by atoms with Gasteiger partial charge in [-0.1, -0.05) is 12.1 Å². The van der Waals surface area contributed by atoms with E-state index in [1.165, 1.54) is 29.4 Å². The van der Waals surface area contributed by atoms with Crippen molar-refractivity contribution in [2.75, 3.05) is 32.7 Å². The second-order valence-corrected chi connectivity index (χ2v) is 4.90. The molecular formula is C15H19N3. The molecule has 1 aromatic carbocycles. The number of nitrogens with zero attached hydrogens (tertiary/aromatic N) is 2. The smallest absolute Gasteiger partial charge is 0.0346 e. The van der Waals surface area contributed by atoms with Crippen molar-refractivity contribution in [3.63, 3.8) is 0 Å². The topological polar surface area (TPSA) is 28.2 Å². The summed E-state index contributed by atoms with van der Waals surface area (Å²) >= 11 is 0. The van der Waals surface area contributed by atoms with Crippen molar-refractivity contribution in [2.24, 2.45) is 0 Å². The van der Waals surface area contributed by atoms with Gasteiger partial charge >= 0.3 is 0 Å². The summed E-state index contributed by atoms with van der Waals surface area (Å²) < 4.78 is 0. The first kappa shape index (κ1) is 11.6. The molecular weight excluding hydrogens is 222 g/mol. The fourth-order valence-corrected chi connectivity index (χ4v) is 2.51. The fraction of sp³-hybridized carbons (Fsp3) is 0.400. The molecule has 2 aromatic rings. The first-order valence-corrected chi connectivity index (χ1v) is 6.67. The normalized spacial score (nSPS) is 17.1.